The molecule has 118 valence electrons. The molecule has 0 bridgehead atoms. The lowest BCUT2D eigenvalue weighted by Crippen LogP contribution is -2.38. The summed E-state index contributed by atoms with van der Waals surface area (Å²) < 4.78 is 4.82. The van der Waals surface area contributed by atoms with Gasteiger partial charge in [-0.1, -0.05) is 13.8 Å². The van der Waals surface area contributed by atoms with Crippen LogP contribution in [0.3, 0.4) is 0 Å². The normalized spacial score (nSPS) is 12.2. The van der Waals surface area contributed by atoms with Crippen molar-refractivity contribution in [3.8, 4) is 0 Å². The Hall–Kier alpha value is -2.15. The first-order valence-electron chi connectivity index (χ1n) is 7.02. The van der Waals surface area contributed by atoms with Crippen LogP contribution in [0.5, 0.6) is 0 Å². The molecule has 1 unspecified atom stereocenters. The molecule has 0 aliphatic carbocycles. The fraction of sp³-hybridized carbons (Fsp3) is 0.400. The van der Waals surface area contributed by atoms with Crippen molar-refractivity contribution in [2.45, 2.75) is 32.7 Å². The van der Waals surface area contributed by atoms with Gasteiger partial charge in [0.2, 0.25) is 5.91 Å². The predicted octanol–water partition coefficient (Wildman–Crippen LogP) is 2.47. The van der Waals surface area contributed by atoms with E-state index in [9.17, 15) is 9.59 Å². The lowest BCUT2D eigenvalue weighted by molar-refractivity contribution is -0.120. The van der Waals surface area contributed by atoms with Gasteiger partial charge < -0.3 is 15.1 Å². The van der Waals surface area contributed by atoms with E-state index < -0.39 is 0 Å². The van der Waals surface area contributed by atoms with Crippen molar-refractivity contribution in [2.24, 2.45) is 0 Å². The number of carbonyl (C=O) groups is 2. The Kier molecular flexibility index (Phi) is 5.32. The number of furan rings is 1. The molecule has 0 aliphatic heterocycles. The summed E-state index contributed by atoms with van der Waals surface area (Å²) in [6, 6.07) is 1.35. The van der Waals surface area contributed by atoms with Crippen LogP contribution in [0.25, 0.3) is 0 Å². The standard InChI is InChI=1S/C15H19N3O3S/c1-9(2)15-18-12(8-22-15)10(3)17-13(19)6-16-14(20)11-4-5-21-7-11/h4-5,7-10H,6H2,1-3H3,(H,16,20)(H,17,19). The van der Waals surface area contributed by atoms with Crippen molar-refractivity contribution in [2.75, 3.05) is 6.54 Å². The van der Waals surface area contributed by atoms with Crippen LogP contribution < -0.4 is 10.6 Å². The number of nitrogens with zero attached hydrogens (tertiary/aromatic N) is 1. The minimum absolute atomic E-state index is 0.0878. The number of nitrogens with one attached hydrogen (secondary N) is 2. The summed E-state index contributed by atoms with van der Waals surface area (Å²) in [4.78, 5) is 28.1. The van der Waals surface area contributed by atoms with Crippen molar-refractivity contribution < 1.29 is 14.0 Å². The molecule has 0 aliphatic rings. The number of carbonyl (C=O) groups excluding carboxylic acids is 2. The van der Waals surface area contributed by atoms with Gasteiger partial charge in [-0.3, -0.25) is 9.59 Å². The molecule has 7 heteroatoms. The largest absolute Gasteiger partial charge is 0.472 e. The van der Waals surface area contributed by atoms with E-state index in [0.29, 0.717) is 11.5 Å². The quantitative estimate of drug-likeness (QED) is 0.856. The van der Waals surface area contributed by atoms with E-state index in [2.05, 4.69) is 29.5 Å². The van der Waals surface area contributed by atoms with E-state index in [1.165, 1.54) is 12.5 Å². The average molecular weight is 321 g/mol. The number of amides is 2. The summed E-state index contributed by atoms with van der Waals surface area (Å²) >= 11 is 1.59. The second-order valence-corrected chi connectivity index (χ2v) is 6.14. The van der Waals surface area contributed by atoms with E-state index in [1.807, 2.05) is 12.3 Å². The Bertz CT molecular complexity index is 634. The third-order valence-electron chi connectivity index (χ3n) is 3.05. The van der Waals surface area contributed by atoms with Gasteiger partial charge in [0, 0.05) is 11.3 Å². The zero-order valence-corrected chi connectivity index (χ0v) is 13.6. The summed E-state index contributed by atoms with van der Waals surface area (Å²) in [6.07, 6.45) is 2.74. The molecule has 2 aromatic rings. The van der Waals surface area contributed by atoms with E-state index in [-0.39, 0.29) is 24.4 Å². The molecule has 2 aromatic heterocycles. The summed E-state index contributed by atoms with van der Waals surface area (Å²) in [7, 11) is 0. The van der Waals surface area contributed by atoms with Crippen LogP contribution in [0.1, 0.15) is 53.8 Å². The molecule has 2 rings (SSSR count). The fourth-order valence-electron chi connectivity index (χ4n) is 1.79. The number of hydrogen-bond acceptors (Lipinski definition) is 5. The monoisotopic (exact) mass is 321 g/mol. The van der Waals surface area contributed by atoms with Crippen LogP contribution in [-0.4, -0.2) is 23.3 Å². The molecular weight excluding hydrogens is 302 g/mol. The highest BCUT2D eigenvalue weighted by Gasteiger charge is 2.15. The van der Waals surface area contributed by atoms with E-state index in [1.54, 1.807) is 17.4 Å². The third-order valence-corrected chi connectivity index (χ3v) is 4.21. The van der Waals surface area contributed by atoms with Gasteiger partial charge in [-0.25, -0.2) is 4.98 Å². The first-order valence-corrected chi connectivity index (χ1v) is 7.90. The van der Waals surface area contributed by atoms with Gasteiger partial charge in [-0.2, -0.15) is 0 Å². The summed E-state index contributed by atoms with van der Waals surface area (Å²) in [5.74, 6) is -0.230. The van der Waals surface area contributed by atoms with Crippen molar-refractivity contribution in [1.29, 1.82) is 0 Å². The van der Waals surface area contributed by atoms with E-state index in [0.717, 1.165) is 10.7 Å². The van der Waals surface area contributed by atoms with Gasteiger partial charge >= 0.3 is 0 Å². The van der Waals surface area contributed by atoms with Crippen molar-refractivity contribution >= 4 is 23.2 Å². The molecule has 6 nitrogen and oxygen atoms in total. The van der Waals surface area contributed by atoms with Crippen LogP contribution in [-0.2, 0) is 4.79 Å². The first kappa shape index (κ1) is 16.2. The van der Waals surface area contributed by atoms with Gasteiger partial charge in [-0.05, 0) is 13.0 Å². The summed E-state index contributed by atoms with van der Waals surface area (Å²) in [5.41, 5.74) is 1.23. The summed E-state index contributed by atoms with van der Waals surface area (Å²) in [5, 5.41) is 8.35. The third kappa shape index (κ3) is 4.17. The fourth-order valence-corrected chi connectivity index (χ4v) is 2.72. The zero-order chi connectivity index (χ0) is 16.1. The maximum absolute atomic E-state index is 11.9. The average Bonchev–Trinajstić information content (AvgIpc) is 3.15. The first-order chi connectivity index (χ1) is 10.5. The molecule has 0 fully saturated rings. The molecule has 0 radical (unpaired) electrons. The Morgan fingerprint density at radius 1 is 1.36 bits per heavy atom. The highest BCUT2D eigenvalue weighted by Crippen LogP contribution is 2.22. The predicted molar refractivity (Wildman–Crippen MR) is 83.8 cm³/mol. The molecular formula is C15H19N3O3S. The van der Waals surface area contributed by atoms with Gasteiger partial charge in [0.15, 0.2) is 0 Å². The minimum atomic E-state index is -0.340. The second kappa shape index (κ2) is 7.22. The number of thiazole rings is 1. The Morgan fingerprint density at radius 3 is 2.73 bits per heavy atom. The molecule has 0 aromatic carbocycles. The van der Waals surface area contributed by atoms with Crippen molar-refractivity contribution in [3.05, 3.63) is 40.2 Å². The van der Waals surface area contributed by atoms with Gasteiger partial charge in [0.1, 0.15) is 6.26 Å². The minimum Gasteiger partial charge on any atom is -0.472 e. The topological polar surface area (TPSA) is 84.2 Å². The van der Waals surface area contributed by atoms with Gasteiger partial charge in [0.05, 0.1) is 35.1 Å². The molecule has 22 heavy (non-hydrogen) atoms. The molecule has 2 N–H and O–H groups in total. The molecule has 2 amide bonds. The highest BCUT2D eigenvalue weighted by atomic mass is 32.1. The van der Waals surface area contributed by atoms with Crippen LogP contribution in [0, 0.1) is 0 Å². The highest BCUT2D eigenvalue weighted by molar-refractivity contribution is 7.09. The van der Waals surface area contributed by atoms with Crippen molar-refractivity contribution in [3.63, 3.8) is 0 Å². The van der Waals surface area contributed by atoms with Crippen LogP contribution in [0.2, 0.25) is 0 Å². The van der Waals surface area contributed by atoms with E-state index >= 15 is 0 Å². The van der Waals surface area contributed by atoms with Crippen molar-refractivity contribution in [1.82, 2.24) is 15.6 Å². The molecule has 2 heterocycles. The van der Waals surface area contributed by atoms with E-state index in [4.69, 9.17) is 4.42 Å². The van der Waals surface area contributed by atoms with Crippen LogP contribution in [0.15, 0.2) is 28.4 Å². The number of hydrogen-bond donors (Lipinski definition) is 2. The Labute approximate surface area is 132 Å². The number of rotatable bonds is 6. The number of aromatic nitrogens is 1. The lowest BCUT2D eigenvalue weighted by Gasteiger charge is -2.12. The Morgan fingerprint density at radius 2 is 2.14 bits per heavy atom. The zero-order valence-electron chi connectivity index (χ0n) is 12.8. The molecule has 0 saturated carbocycles. The summed E-state index contributed by atoms with van der Waals surface area (Å²) in [6.45, 7) is 5.94. The van der Waals surface area contributed by atoms with Gasteiger partial charge in [-0.15, -0.1) is 11.3 Å². The SMILES string of the molecule is CC(C)c1nc(C(C)NC(=O)CNC(=O)c2ccoc2)cs1. The molecule has 1 atom stereocenters. The molecule has 0 spiro atoms. The smallest absolute Gasteiger partial charge is 0.254 e. The maximum Gasteiger partial charge on any atom is 0.254 e. The van der Waals surface area contributed by atoms with Gasteiger partial charge in [0.25, 0.3) is 5.91 Å². The lowest BCUT2D eigenvalue weighted by atomic mass is 10.2. The molecule has 0 saturated heterocycles. The maximum atomic E-state index is 11.9. The Balaban J connectivity index is 1.82. The second-order valence-electron chi connectivity index (χ2n) is 5.25. The van der Waals surface area contributed by atoms with Crippen LogP contribution in [0.4, 0.5) is 0 Å². The van der Waals surface area contributed by atoms with Crippen LogP contribution >= 0.6 is 11.3 Å².